The van der Waals surface area contributed by atoms with Gasteiger partial charge in [0.05, 0.1) is 10.5 Å². The monoisotopic (exact) mass is 368 g/mol. The third-order valence-corrected chi connectivity index (χ3v) is 3.49. The lowest BCUT2D eigenvalue weighted by Crippen LogP contribution is -2.14. The molecular formula is C19H23F3N2O2. The summed E-state index contributed by atoms with van der Waals surface area (Å²) >= 11 is 0. The number of rotatable bonds is 3. The van der Waals surface area contributed by atoms with Gasteiger partial charge in [-0.15, -0.1) is 0 Å². The van der Waals surface area contributed by atoms with E-state index in [2.05, 4.69) is 5.32 Å². The minimum absolute atomic E-state index is 0.127. The van der Waals surface area contributed by atoms with Crippen molar-refractivity contribution in [3.63, 3.8) is 0 Å². The Bertz CT molecular complexity index is 766. The molecule has 0 aliphatic heterocycles. The van der Waals surface area contributed by atoms with E-state index in [1.807, 2.05) is 34.6 Å². The zero-order chi connectivity index (χ0) is 20.1. The molecule has 2 rings (SSSR count). The van der Waals surface area contributed by atoms with E-state index >= 15 is 0 Å². The number of hydrogen-bond acceptors (Lipinski definition) is 3. The van der Waals surface area contributed by atoms with Crippen LogP contribution in [0.2, 0.25) is 0 Å². The van der Waals surface area contributed by atoms with Crippen LogP contribution in [0.5, 0.6) is 0 Å². The number of non-ortho nitro benzene ring substituents is 1. The van der Waals surface area contributed by atoms with Crippen molar-refractivity contribution in [1.29, 1.82) is 0 Å². The fourth-order valence-electron chi connectivity index (χ4n) is 2.33. The fourth-order valence-corrected chi connectivity index (χ4v) is 2.33. The third kappa shape index (κ3) is 5.47. The molecule has 142 valence electrons. The summed E-state index contributed by atoms with van der Waals surface area (Å²) in [6.45, 7) is 9.77. The molecule has 0 amide bonds. The molecule has 4 nitrogen and oxygen atoms in total. The molecule has 7 heteroatoms. The van der Waals surface area contributed by atoms with E-state index in [1.54, 1.807) is 6.07 Å². The van der Waals surface area contributed by atoms with Crippen molar-refractivity contribution < 1.29 is 18.1 Å². The quantitative estimate of drug-likeness (QED) is 0.485. The second kappa shape index (κ2) is 8.21. The number of hydrogen-bond donors (Lipinski definition) is 1. The summed E-state index contributed by atoms with van der Waals surface area (Å²) in [7, 11) is 0. The van der Waals surface area contributed by atoms with E-state index in [-0.39, 0.29) is 16.8 Å². The summed E-state index contributed by atoms with van der Waals surface area (Å²) in [5.74, 6) is 0. The van der Waals surface area contributed by atoms with Crippen LogP contribution in [0.3, 0.4) is 0 Å². The molecule has 2 aromatic carbocycles. The van der Waals surface area contributed by atoms with Crippen LogP contribution < -0.4 is 5.32 Å². The second-order valence-corrected chi connectivity index (χ2v) is 6.44. The molecule has 0 aromatic heterocycles. The largest absolute Gasteiger partial charge is 0.416 e. The van der Waals surface area contributed by atoms with Gasteiger partial charge in [0.1, 0.15) is 0 Å². The fraction of sp³-hybridized carbons (Fsp3) is 0.368. The highest BCUT2D eigenvalue weighted by molar-refractivity contribution is 5.68. The van der Waals surface area contributed by atoms with Crippen molar-refractivity contribution in [2.45, 2.75) is 46.2 Å². The Balaban J connectivity index is 0.00000163. The molecule has 2 aromatic rings. The first kappa shape index (κ1) is 21.5. The van der Waals surface area contributed by atoms with Gasteiger partial charge in [-0.2, -0.15) is 13.2 Å². The van der Waals surface area contributed by atoms with Crippen LogP contribution in [0, 0.1) is 10.1 Å². The van der Waals surface area contributed by atoms with E-state index < -0.39 is 16.7 Å². The van der Waals surface area contributed by atoms with E-state index in [9.17, 15) is 23.3 Å². The Labute approximate surface area is 151 Å². The maximum absolute atomic E-state index is 12.8. The third-order valence-electron chi connectivity index (χ3n) is 3.49. The predicted octanol–water partition coefficient (Wildman–Crippen LogP) is 6.68. The molecule has 0 atom stereocenters. The number of nitro groups is 1. The number of alkyl halides is 3. The Kier molecular flexibility index (Phi) is 6.78. The van der Waals surface area contributed by atoms with E-state index in [4.69, 9.17) is 0 Å². The van der Waals surface area contributed by atoms with Gasteiger partial charge in [-0.3, -0.25) is 10.1 Å². The molecule has 0 unspecified atom stereocenters. The van der Waals surface area contributed by atoms with Crippen LogP contribution in [-0.4, -0.2) is 4.92 Å². The Morgan fingerprint density at radius 1 is 1.00 bits per heavy atom. The molecule has 0 saturated carbocycles. The first-order chi connectivity index (χ1) is 12.0. The maximum atomic E-state index is 12.8. The van der Waals surface area contributed by atoms with Crippen molar-refractivity contribution in [3.8, 4) is 0 Å². The topological polar surface area (TPSA) is 55.2 Å². The van der Waals surface area contributed by atoms with Gasteiger partial charge < -0.3 is 5.32 Å². The molecule has 26 heavy (non-hydrogen) atoms. The lowest BCUT2D eigenvalue weighted by Gasteiger charge is -2.23. The summed E-state index contributed by atoms with van der Waals surface area (Å²) in [6.07, 6.45) is -4.45. The average molecular weight is 368 g/mol. The van der Waals surface area contributed by atoms with Crippen LogP contribution in [0.25, 0.3) is 0 Å². The Morgan fingerprint density at radius 3 is 2.12 bits per heavy atom. The minimum Gasteiger partial charge on any atom is -0.355 e. The van der Waals surface area contributed by atoms with Gasteiger partial charge in [0.2, 0.25) is 0 Å². The summed E-state index contributed by atoms with van der Waals surface area (Å²) in [5.41, 5.74) is 0.157. The van der Waals surface area contributed by atoms with Crippen molar-refractivity contribution >= 4 is 17.1 Å². The normalized spacial score (nSPS) is 11.4. The summed E-state index contributed by atoms with van der Waals surface area (Å²) < 4.78 is 38.5. The lowest BCUT2D eigenvalue weighted by molar-refractivity contribution is -0.384. The molecule has 0 aliphatic carbocycles. The molecule has 1 N–H and O–H groups in total. The van der Waals surface area contributed by atoms with Crippen molar-refractivity contribution in [1.82, 2.24) is 0 Å². The maximum Gasteiger partial charge on any atom is 0.416 e. The second-order valence-electron chi connectivity index (χ2n) is 6.44. The molecule has 0 bridgehead atoms. The number of benzene rings is 2. The van der Waals surface area contributed by atoms with Crippen LogP contribution in [0.1, 0.15) is 45.7 Å². The molecule has 0 saturated heterocycles. The molecule has 0 fully saturated rings. The first-order valence-corrected chi connectivity index (χ1v) is 8.22. The minimum atomic E-state index is -4.45. The van der Waals surface area contributed by atoms with E-state index in [0.717, 1.165) is 17.7 Å². The van der Waals surface area contributed by atoms with Gasteiger partial charge in [-0.25, -0.2) is 0 Å². The van der Waals surface area contributed by atoms with Crippen LogP contribution in [0.4, 0.5) is 30.2 Å². The standard InChI is InChI=1S/C17H17F3N2O2.C2H6/c1-16(2,3)14-8-7-13(22(23)24)10-15(14)21-12-6-4-5-11(9-12)17(18,19)20;1-2/h4-10,21H,1-3H3;1-2H3. The number of nitrogens with one attached hydrogen (secondary N) is 1. The van der Waals surface area contributed by atoms with Gasteiger partial charge in [0.25, 0.3) is 5.69 Å². The van der Waals surface area contributed by atoms with Crippen LogP contribution in [-0.2, 0) is 11.6 Å². The predicted molar refractivity (Wildman–Crippen MR) is 97.9 cm³/mol. The van der Waals surface area contributed by atoms with E-state index in [1.165, 1.54) is 24.3 Å². The van der Waals surface area contributed by atoms with Crippen molar-refractivity contribution in [2.24, 2.45) is 0 Å². The summed E-state index contributed by atoms with van der Waals surface area (Å²) in [5, 5.41) is 13.9. The molecule has 0 radical (unpaired) electrons. The van der Waals surface area contributed by atoms with Gasteiger partial charge in [0, 0.05) is 23.5 Å². The molecular weight excluding hydrogens is 345 g/mol. The highest BCUT2D eigenvalue weighted by Crippen LogP contribution is 2.36. The number of nitrogens with zero attached hydrogens (tertiary/aromatic N) is 1. The van der Waals surface area contributed by atoms with Gasteiger partial charge in [0.15, 0.2) is 0 Å². The number of anilines is 2. The smallest absolute Gasteiger partial charge is 0.355 e. The van der Waals surface area contributed by atoms with Gasteiger partial charge in [-0.05, 0) is 35.2 Å². The van der Waals surface area contributed by atoms with Crippen molar-refractivity contribution in [3.05, 3.63) is 63.7 Å². The first-order valence-electron chi connectivity index (χ1n) is 8.22. The SMILES string of the molecule is CC.CC(C)(C)c1ccc([N+](=O)[O-])cc1Nc1cccc(C(F)(F)F)c1. The van der Waals surface area contributed by atoms with Gasteiger partial charge in [-0.1, -0.05) is 40.7 Å². The van der Waals surface area contributed by atoms with Gasteiger partial charge >= 0.3 is 6.18 Å². The number of halogens is 3. The van der Waals surface area contributed by atoms with Crippen molar-refractivity contribution in [2.75, 3.05) is 5.32 Å². The molecule has 0 aliphatic rings. The summed E-state index contributed by atoms with van der Waals surface area (Å²) in [4.78, 5) is 10.4. The van der Waals surface area contributed by atoms with Crippen LogP contribution >= 0.6 is 0 Å². The summed E-state index contributed by atoms with van der Waals surface area (Å²) in [6, 6.07) is 9.07. The Morgan fingerprint density at radius 2 is 1.62 bits per heavy atom. The van der Waals surface area contributed by atoms with E-state index in [0.29, 0.717) is 5.69 Å². The zero-order valence-corrected chi connectivity index (χ0v) is 15.4. The average Bonchev–Trinajstić information content (AvgIpc) is 2.55. The highest BCUT2D eigenvalue weighted by Gasteiger charge is 2.30. The molecule has 0 spiro atoms. The number of nitro benzene ring substituents is 1. The molecule has 0 heterocycles. The Hall–Kier alpha value is -2.57. The zero-order valence-electron chi connectivity index (χ0n) is 15.4. The highest BCUT2D eigenvalue weighted by atomic mass is 19.4. The lowest BCUT2D eigenvalue weighted by atomic mass is 9.85. The van der Waals surface area contributed by atoms with Crippen LogP contribution in [0.15, 0.2) is 42.5 Å².